The average molecular weight is 1080 g/mol. The third kappa shape index (κ3) is 12.2. The van der Waals surface area contributed by atoms with Gasteiger partial charge in [-0.2, -0.15) is 91.4 Å². The number of fused-ring (bicyclic) bond motifs is 3. The van der Waals surface area contributed by atoms with Gasteiger partial charge in [-0.15, -0.1) is 0 Å². The molecule has 0 amide bonds. The SMILES string of the molecule is Cc1nc(-c2nn(CCC(F)(F)C(F)(F)F)c3cc(Cl)ccc23)n[nH]1.N/N=C(\N)c1nn(CCC(F)(F)C(F)(F)F)c2cc(Cl)ccc12.N=C(N)c1nn(CCC(F)(F)C(F)(F)F)c2cc(Cl)ccc12. The predicted octanol–water partition coefficient (Wildman–Crippen LogP) is 10.8. The number of aryl methyl sites for hydroxylation is 4. The molecule has 0 fully saturated rings. The summed E-state index contributed by atoms with van der Waals surface area (Å²) >= 11 is 17.5. The van der Waals surface area contributed by atoms with Gasteiger partial charge in [0, 0.05) is 70.1 Å². The summed E-state index contributed by atoms with van der Waals surface area (Å²) in [6.07, 6.45) is -21.3. The first-order valence-electron chi connectivity index (χ1n) is 19.3. The van der Waals surface area contributed by atoms with E-state index in [2.05, 4.69) is 35.6 Å². The second-order valence-corrected chi connectivity index (χ2v) is 16.0. The molecule has 4 heterocycles. The van der Waals surface area contributed by atoms with E-state index >= 15 is 0 Å². The molecule has 14 nitrogen and oxygen atoms in total. The Bertz CT molecular complexity index is 3020. The molecule has 32 heteroatoms. The number of hydrazone groups is 1. The highest BCUT2D eigenvalue weighted by atomic mass is 35.5. The molecule has 0 spiro atoms. The van der Waals surface area contributed by atoms with E-state index in [9.17, 15) is 65.9 Å². The molecule has 8 N–H and O–H groups in total. The van der Waals surface area contributed by atoms with Crippen molar-refractivity contribution in [3.8, 4) is 11.5 Å². The Morgan fingerprint density at radius 2 is 0.943 bits per heavy atom. The standard InChI is InChI=1S/C14H11ClF5N5.C12H11ClF5N5.C12H10ClF5N4/c1-7-21-12(23-22-7)11-9-3-2-8(15)6-10(9)25(24-11)5-4-13(16,17)14(18,19)20;13-6-1-2-7-8(5-6)23(22-9(7)10(19)21-20)4-3-11(14,15)12(16,17)18;13-6-1-2-7-8(5-6)22(21-9(7)10(19)20)4-3-11(14,15)12(16,17)18/h2-3,6H,4-5H2,1H3,(H,21,22,23);1-2,5H,3-4,20H2,(H2,19,21);1-2,5H,3-4H2,(H3,19,20). The number of rotatable bonds is 12. The van der Waals surface area contributed by atoms with Crippen LogP contribution in [0.1, 0.15) is 36.5 Å². The number of benzene rings is 3. The van der Waals surface area contributed by atoms with Crippen LogP contribution in [0.3, 0.4) is 0 Å². The lowest BCUT2D eigenvalue weighted by Crippen LogP contribution is -2.37. The van der Waals surface area contributed by atoms with Crippen molar-refractivity contribution in [3.63, 3.8) is 0 Å². The fourth-order valence-corrected chi connectivity index (χ4v) is 6.68. The average Bonchev–Trinajstić information content (AvgIpc) is 4.03. The van der Waals surface area contributed by atoms with Crippen molar-refractivity contribution in [2.45, 2.75) is 82.1 Å². The van der Waals surface area contributed by atoms with Crippen LogP contribution in [0.5, 0.6) is 0 Å². The number of alkyl halides is 15. The minimum absolute atomic E-state index is 0.00184. The largest absolute Gasteiger partial charge is 0.453 e. The van der Waals surface area contributed by atoms with E-state index in [1.165, 1.54) is 42.5 Å². The maximum atomic E-state index is 13.2. The smallest absolute Gasteiger partial charge is 0.382 e. The van der Waals surface area contributed by atoms with Gasteiger partial charge in [0.25, 0.3) is 0 Å². The van der Waals surface area contributed by atoms with Gasteiger partial charge >= 0.3 is 36.3 Å². The highest BCUT2D eigenvalue weighted by Gasteiger charge is 2.58. The molecular formula is C38H32Cl3F15N14. The van der Waals surface area contributed by atoms with Crippen LogP contribution in [0, 0.1) is 12.3 Å². The van der Waals surface area contributed by atoms with Crippen molar-refractivity contribution in [2.24, 2.45) is 22.4 Å². The fraction of sp³-hybridized carbons (Fsp3) is 0.342. The van der Waals surface area contributed by atoms with Crippen molar-refractivity contribution in [2.75, 3.05) is 0 Å². The van der Waals surface area contributed by atoms with Gasteiger partial charge in [-0.05, 0) is 61.5 Å². The van der Waals surface area contributed by atoms with Gasteiger partial charge in [-0.1, -0.05) is 34.8 Å². The molecule has 0 bridgehead atoms. The number of hydrogen-bond acceptors (Lipinski definition) is 8. The number of aromatic amines is 1. The molecule has 0 unspecified atom stereocenters. The second kappa shape index (κ2) is 20.2. The van der Waals surface area contributed by atoms with Crippen LogP contribution in [-0.2, 0) is 19.6 Å². The maximum absolute atomic E-state index is 13.2. The zero-order valence-electron chi connectivity index (χ0n) is 35.0. The first-order valence-corrected chi connectivity index (χ1v) is 20.4. The Morgan fingerprint density at radius 1 is 0.586 bits per heavy atom. The Morgan fingerprint density at radius 3 is 1.30 bits per heavy atom. The Balaban J connectivity index is 0.000000196. The third-order valence-corrected chi connectivity index (χ3v) is 10.4. The fourth-order valence-electron chi connectivity index (χ4n) is 6.18. The number of nitrogens with two attached hydrogens (primary N) is 3. The number of halogens is 18. The van der Waals surface area contributed by atoms with E-state index in [0.29, 0.717) is 32.5 Å². The van der Waals surface area contributed by atoms with Gasteiger partial charge in [0.2, 0.25) is 5.82 Å². The van der Waals surface area contributed by atoms with E-state index in [4.69, 9.17) is 57.5 Å². The number of nitrogens with one attached hydrogen (secondary N) is 2. The Kier molecular flexibility index (Phi) is 15.8. The summed E-state index contributed by atoms with van der Waals surface area (Å²) in [4.78, 5) is 4.11. The van der Waals surface area contributed by atoms with Crippen molar-refractivity contribution < 1.29 is 65.9 Å². The normalized spacial score (nSPS) is 13.2. The molecule has 0 saturated carbocycles. The van der Waals surface area contributed by atoms with Crippen molar-refractivity contribution in [1.29, 1.82) is 5.41 Å². The highest BCUT2D eigenvalue weighted by molar-refractivity contribution is 6.32. The molecule has 380 valence electrons. The molecule has 0 radical (unpaired) electrons. The molecule has 7 rings (SSSR count). The molecule has 0 aliphatic rings. The molecule has 3 aromatic carbocycles. The number of aromatic nitrogens is 9. The minimum atomic E-state index is -5.63. The molecule has 70 heavy (non-hydrogen) atoms. The number of H-pyrrole nitrogens is 1. The summed E-state index contributed by atoms with van der Waals surface area (Å²) in [6.45, 7) is -0.374. The summed E-state index contributed by atoms with van der Waals surface area (Å²) < 4.78 is 192. The van der Waals surface area contributed by atoms with Crippen molar-refractivity contribution >= 4 is 79.2 Å². The van der Waals surface area contributed by atoms with Gasteiger partial charge in [0.15, 0.2) is 5.84 Å². The van der Waals surface area contributed by atoms with Crippen LogP contribution in [-0.4, -0.2) is 92.5 Å². The lowest BCUT2D eigenvalue weighted by atomic mass is 10.2. The molecule has 0 saturated heterocycles. The monoisotopic (exact) mass is 1070 g/mol. The van der Waals surface area contributed by atoms with Crippen molar-refractivity contribution in [3.05, 3.63) is 86.9 Å². The van der Waals surface area contributed by atoms with Gasteiger partial charge in [0.05, 0.1) is 16.6 Å². The summed E-state index contributed by atoms with van der Waals surface area (Å²) in [7, 11) is 0. The van der Waals surface area contributed by atoms with Crippen LogP contribution in [0.2, 0.25) is 15.1 Å². The number of hydrogen-bond donors (Lipinski definition) is 5. The summed E-state index contributed by atoms with van der Waals surface area (Å²) in [5.74, 6) is -9.31. The first kappa shape index (κ1) is 54.7. The third-order valence-electron chi connectivity index (χ3n) is 9.74. The number of nitrogen functional groups attached to an aromatic ring is 1. The van der Waals surface area contributed by atoms with E-state index in [1.54, 1.807) is 19.1 Å². The molecule has 0 aliphatic carbocycles. The predicted molar refractivity (Wildman–Crippen MR) is 227 cm³/mol. The summed E-state index contributed by atoms with van der Waals surface area (Å²) in [6, 6.07) is 13.3. The van der Waals surface area contributed by atoms with Crippen LogP contribution in [0.4, 0.5) is 65.9 Å². The highest BCUT2D eigenvalue weighted by Crippen LogP contribution is 2.41. The van der Waals surface area contributed by atoms with Crippen LogP contribution in [0.25, 0.3) is 44.2 Å². The van der Waals surface area contributed by atoms with E-state index in [-0.39, 0.29) is 49.8 Å². The molecule has 7 aromatic rings. The lowest BCUT2D eigenvalue weighted by Gasteiger charge is -2.19. The zero-order chi connectivity index (χ0) is 52.5. The number of amidine groups is 2. The summed E-state index contributed by atoms with van der Waals surface area (Å²) in [5, 5.41) is 31.1. The Labute approximate surface area is 397 Å². The second-order valence-electron chi connectivity index (χ2n) is 14.7. The quantitative estimate of drug-likeness (QED) is 0.0261. The topological polar surface area (TPSA) is 209 Å². The van der Waals surface area contributed by atoms with Gasteiger partial charge in [-0.3, -0.25) is 24.6 Å². The molecular weight excluding hydrogens is 1040 g/mol. The molecule has 4 aromatic heterocycles. The molecule has 0 atom stereocenters. The number of nitrogens with zero attached hydrogens (tertiary/aromatic N) is 9. The van der Waals surface area contributed by atoms with E-state index < -0.39 is 81.0 Å². The summed E-state index contributed by atoms with van der Waals surface area (Å²) in [5.41, 5.74) is 12.0. The van der Waals surface area contributed by atoms with Gasteiger partial charge in [-0.25, -0.2) is 4.98 Å². The van der Waals surface area contributed by atoms with E-state index in [1.807, 2.05) is 0 Å². The lowest BCUT2D eigenvalue weighted by molar-refractivity contribution is -0.285. The van der Waals surface area contributed by atoms with Gasteiger partial charge in [0.1, 0.15) is 28.7 Å². The molecule has 0 aliphatic heterocycles. The maximum Gasteiger partial charge on any atom is 0.453 e. The van der Waals surface area contributed by atoms with Crippen LogP contribution >= 0.6 is 34.8 Å². The van der Waals surface area contributed by atoms with Crippen LogP contribution < -0.4 is 17.3 Å². The van der Waals surface area contributed by atoms with E-state index in [0.717, 1.165) is 14.0 Å². The van der Waals surface area contributed by atoms with Crippen molar-refractivity contribution in [1.82, 2.24) is 44.5 Å². The first-order chi connectivity index (χ1) is 32.2. The Hall–Kier alpha value is -6.23. The zero-order valence-corrected chi connectivity index (χ0v) is 37.3. The van der Waals surface area contributed by atoms with Crippen LogP contribution in [0.15, 0.2) is 59.7 Å². The minimum Gasteiger partial charge on any atom is -0.382 e. The van der Waals surface area contributed by atoms with Gasteiger partial charge < -0.3 is 17.3 Å².